The Hall–Kier alpha value is -1.49. The van der Waals surface area contributed by atoms with Crippen molar-refractivity contribution >= 4 is 11.4 Å². The molecule has 1 aliphatic carbocycles. The van der Waals surface area contributed by atoms with Crippen LogP contribution in [0, 0.1) is 5.82 Å². The largest absolute Gasteiger partial charge is 0.495 e. The van der Waals surface area contributed by atoms with Gasteiger partial charge in [-0.05, 0) is 26.9 Å². The lowest BCUT2D eigenvalue weighted by Gasteiger charge is -2.36. The number of methoxy groups -OCH3 is 1. The summed E-state index contributed by atoms with van der Waals surface area (Å²) in [6, 6.07) is 2.93. The molecule has 1 saturated carbocycles. The van der Waals surface area contributed by atoms with E-state index in [1.54, 1.807) is 6.07 Å². The molecule has 4 nitrogen and oxygen atoms in total. The molecule has 0 radical (unpaired) electrons. The minimum Gasteiger partial charge on any atom is -0.495 e. The van der Waals surface area contributed by atoms with Crippen LogP contribution >= 0.6 is 0 Å². The van der Waals surface area contributed by atoms with Crippen LogP contribution in [0.2, 0.25) is 0 Å². The summed E-state index contributed by atoms with van der Waals surface area (Å²) in [7, 11) is 5.71. The molecule has 20 heavy (non-hydrogen) atoms. The highest BCUT2D eigenvalue weighted by Crippen LogP contribution is 2.35. The van der Waals surface area contributed by atoms with Crippen molar-refractivity contribution in [1.82, 2.24) is 4.90 Å². The fourth-order valence-electron chi connectivity index (χ4n) is 2.96. The van der Waals surface area contributed by atoms with Crippen LogP contribution in [-0.4, -0.2) is 38.2 Å². The van der Waals surface area contributed by atoms with Crippen molar-refractivity contribution in [2.75, 3.05) is 38.8 Å². The molecule has 112 valence electrons. The number of hydrogen-bond acceptors (Lipinski definition) is 4. The molecule has 0 spiro atoms. The molecule has 0 amide bonds. The molecule has 0 atom stereocenters. The van der Waals surface area contributed by atoms with E-state index >= 15 is 0 Å². The zero-order valence-electron chi connectivity index (χ0n) is 12.5. The molecule has 1 aromatic carbocycles. The topological polar surface area (TPSA) is 50.5 Å². The highest BCUT2D eigenvalue weighted by Gasteiger charge is 2.35. The maximum absolute atomic E-state index is 14.0. The summed E-state index contributed by atoms with van der Waals surface area (Å²) < 4.78 is 19.1. The second-order valence-corrected chi connectivity index (χ2v) is 5.75. The van der Waals surface area contributed by atoms with Crippen LogP contribution in [-0.2, 0) is 0 Å². The van der Waals surface area contributed by atoms with Gasteiger partial charge in [0.15, 0.2) is 0 Å². The summed E-state index contributed by atoms with van der Waals surface area (Å²) >= 11 is 0. The highest BCUT2D eigenvalue weighted by atomic mass is 19.1. The standard InChI is InChI=1S/C15H24FN3O/c1-19(2)15(6-4-5-7-15)10-18-13-9-14(20-3)12(17)8-11(13)16/h8-9,18H,4-7,10,17H2,1-3H3. The Balaban J connectivity index is 2.14. The average Bonchev–Trinajstić information content (AvgIpc) is 2.88. The lowest BCUT2D eigenvalue weighted by Crippen LogP contribution is -2.47. The van der Waals surface area contributed by atoms with E-state index in [4.69, 9.17) is 10.5 Å². The van der Waals surface area contributed by atoms with Gasteiger partial charge in [0.2, 0.25) is 0 Å². The number of ether oxygens (including phenoxy) is 1. The molecule has 0 aromatic heterocycles. The van der Waals surface area contributed by atoms with Crippen LogP contribution in [0.1, 0.15) is 25.7 Å². The quantitative estimate of drug-likeness (QED) is 0.815. The third kappa shape index (κ3) is 2.82. The zero-order valence-corrected chi connectivity index (χ0v) is 12.5. The van der Waals surface area contributed by atoms with E-state index < -0.39 is 0 Å². The Morgan fingerprint density at radius 1 is 1.35 bits per heavy atom. The molecule has 1 fully saturated rings. The summed E-state index contributed by atoms with van der Waals surface area (Å²) in [6.07, 6.45) is 4.74. The van der Waals surface area contributed by atoms with E-state index in [-0.39, 0.29) is 11.4 Å². The Morgan fingerprint density at radius 2 is 2.00 bits per heavy atom. The van der Waals surface area contributed by atoms with Crippen LogP contribution in [0.4, 0.5) is 15.8 Å². The van der Waals surface area contributed by atoms with Crippen molar-refractivity contribution in [2.45, 2.75) is 31.2 Å². The molecule has 1 aliphatic rings. The van der Waals surface area contributed by atoms with Crippen LogP contribution < -0.4 is 15.8 Å². The summed E-state index contributed by atoms with van der Waals surface area (Å²) in [5, 5.41) is 3.23. The number of rotatable bonds is 5. The first-order valence-corrected chi connectivity index (χ1v) is 7.03. The van der Waals surface area contributed by atoms with Crippen molar-refractivity contribution in [3.63, 3.8) is 0 Å². The van der Waals surface area contributed by atoms with E-state index in [9.17, 15) is 4.39 Å². The summed E-state index contributed by atoms with van der Waals surface area (Å²) in [6.45, 7) is 0.726. The van der Waals surface area contributed by atoms with E-state index in [1.165, 1.54) is 26.0 Å². The normalized spacial score (nSPS) is 17.4. The number of hydrogen-bond donors (Lipinski definition) is 2. The Morgan fingerprint density at radius 3 is 2.55 bits per heavy atom. The lowest BCUT2D eigenvalue weighted by atomic mass is 9.96. The van der Waals surface area contributed by atoms with E-state index in [0.717, 1.165) is 19.4 Å². The molecular weight excluding hydrogens is 257 g/mol. The molecule has 2 rings (SSSR count). The molecular formula is C15H24FN3O. The zero-order chi connectivity index (χ0) is 14.8. The van der Waals surface area contributed by atoms with Gasteiger partial charge in [-0.15, -0.1) is 0 Å². The number of anilines is 2. The summed E-state index contributed by atoms with van der Waals surface area (Å²) in [5.74, 6) is 0.162. The minimum atomic E-state index is -0.338. The van der Waals surface area contributed by atoms with E-state index in [0.29, 0.717) is 17.1 Å². The fraction of sp³-hybridized carbons (Fsp3) is 0.600. The minimum absolute atomic E-state index is 0.112. The Labute approximate surface area is 120 Å². The van der Waals surface area contributed by atoms with Crippen LogP contribution in [0.25, 0.3) is 0 Å². The van der Waals surface area contributed by atoms with E-state index in [1.807, 2.05) is 0 Å². The number of nitrogen functional groups attached to an aromatic ring is 1. The van der Waals surface area contributed by atoms with E-state index in [2.05, 4.69) is 24.3 Å². The summed E-state index contributed by atoms with van der Waals surface area (Å²) in [5.41, 5.74) is 6.57. The second-order valence-electron chi connectivity index (χ2n) is 5.75. The molecule has 0 unspecified atom stereocenters. The molecule has 0 aliphatic heterocycles. The number of halogens is 1. The third-order valence-corrected chi connectivity index (χ3v) is 4.41. The van der Waals surface area contributed by atoms with Gasteiger partial charge in [-0.2, -0.15) is 0 Å². The maximum atomic E-state index is 14.0. The predicted octanol–water partition coefficient (Wildman–Crippen LogP) is 2.70. The molecule has 0 heterocycles. The van der Waals surface area contributed by atoms with Crippen molar-refractivity contribution in [3.8, 4) is 5.75 Å². The predicted molar refractivity (Wildman–Crippen MR) is 80.7 cm³/mol. The summed E-state index contributed by atoms with van der Waals surface area (Å²) in [4.78, 5) is 2.25. The van der Waals surface area contributed by atoms with Gasteiger partial charge in [-0.25, -0.2) is 4.39 Å². The SMILES string of the molecule is COc1cc(NCC2(N(C)C)CCCC2)c(F)cc1N. The van der Waals surface area contributed by atoms with Gasteiger partial charge in [0, 0.05) is 24.2 Å². The molecule has 0 saturated heterocycles. The van der Waals surface area contributed by atoms with Crippen LogP contribution in [0.15, 0.2) is 12.1 Å². The maximum Gasteiger partial charge on any atom is 0.148 e. The van der Waals surface area contributed by atoms with Gasteiger partial charge in [0.25, 0.3) is 0 Å². The first kappa shape index (κ1) is 14.9. The number of benzene rings is 1. The number of nitrogens with one attached hydrogen (secondary N) is 1. The van der Waals surface area contributed by atoms with Crippen molar-refractivity contribution < 1.29 is 9.13 Å². The lowest BCUT2D eigenvalue weighted by molar-refractivity contribution is 0.172. The monoisotopic (exact) mass is 281 g/mol. The third-order valence-electron chi connectivity index (χ3n) is 4.41. The highest BCUT2D eigenvalue weighted by molar-refractivity contribution is 5.62. The van der Waals surface area contributed by atoms with Gasteiger partial charge < -0.3 is 20.7 Å². The smallest absolute Gasteiger partial charge is 0.148 e. The molecule has 3 N–H and O–H groups in total. The number of nitrogens with two attached hydrogens (primary N) is 1. The van der Waals surface area contributed by atoms with Gasteiger partial charge in [0.05, 0.1) is 18.5 Å². The molecule has 5 heteroatoms. The number of nitrogens with zero attached hydrogens (tertiary/aromatic N) is 1. The molecule has 0 bridgehead atoms. The van der Waals surface area contributed by atoms with Crippen LogP contribution in [0.3, 0.4) is 0 Å². The molecule has 1 aromatic rings. The van der Waals surface area contributed by atoms with Gasteiger partial charge >= 0.3 is 0 Å². The second kappa shape index (κ2) is 5.87. The van der Waals surface area contributed by atoms with Crippen molar-refractivity contribution in [2.24, 2.45) is 0 Å². The van der Waals surface area contributed by atoms with Crippen molar-refractivity contribution in [3.05, 3.63) is 17.9 Å². The Kier molecular flexibility index (Phi) is 4.38. The van der Waals surface area contributed by atoms with Crippen molar-refractivity contribution in [1.29, 1.82) is 0 Å². The average molecular weight is 281 g/mol. The first-order chi connectivity index (χ1) is 9.48. The van der Waals surface area contributed by atoms with Gasteiger partial charge in [-0.1, -0.05) is 12.8 Å². The van der Waals surface area contributed by atoms with Crippen LogP contribution in [0.5, 0.6) is 5.75 Å². The first-order valence-electron chi connectivity index (χ1n) is 7.03. The fourth-order valence-corrected chi connectivity index (χ4v) is 2.96. The number of likely N-dealkylation sites (N-methyl/N-ethyl adjacent to an activating group) is 1. The van der Waals surface area contributed by atoms with Gasteiger partial charge in [0.1, 0.15) is 11.6 Å². The Bertz CT molecular complexity index is 470. The van der Waals surface area contributed by atoms with Gasteiger partial charge in [-0.3, -0.25) is 0 Å².